The van der Waals surface area contributed by atoms with Crippen molar-refractivity contribution >= 4 is 11.3 Å². The Morgan fingerprint density at radius 3 is 2.94 bits per heavy atom. The van der Waals surface area contributed by atoms with E-state index < -0.39 is 0 Å². The van der Waals surface area contributed by atoms with Gasteiger partial charge in [-0.25, -0.2) is 4.98 Å². The van der Waals surface area contributed by atoms with Crippen LogP contribution in [0.2, 0.25) is 0 Å². The van der Waals surface area contributed by atoms with Gasteiger partial charge in [0.05, 0.1) is 11.2 Å². The Bertz CT molecular complexity index is 343. The smallest absolute Gasteiger partial charge is 0.0797 e. The number of rotatable bonds is 4. The molecule has 0 spiro atoms. The van der Waals surface area contributed by atoms with Crippen molar-refractivity contribution in [3.8, 4) is 0 Å². The first kappa shape index (κ1) is 12.1. The number of hydrogen-bond donors (Lipinski definition) is 1. The average molecular weight is 238 g/mol. The number of nitrogens with zero attached hydrogens (tertiary/aromatic N) is 1. The molecule has 0 amide bonds. The molecule has 1 fully saturated rings. The van der Waals surface area contributed by atoms with Gasteiger partial charge in [-0.2, -0.15) is 0 Å². The number of nitrogens with one attached hydrogen (secondary N) is 1. The first-order chi connectivity index (χ1) is 7.59. The fourth-order valence-corrected chi connectivity index (χ4v) is 3.41. The van der Waals surface area contributed by atoms with E-state index in [-0.39, 0.29) is 0 Å². The molecule has 1 aliphatic rings. The lowest BCUT2D eigenvalue weighted by atomic mass is 9.87. The Labute approximate surface area is 102 Å². The fraction of sp³-hybridized carbons (Fsp3) is 0.769. The van der Waals surface area contributed by atoms with Crippen molar-refractivity contribution in [3.63, 3.8) is 0 Å². The first-order valence-corrected chi connectivity index (χ1v) is 7.10. The molecular formula is C13H22N2S. The molecule has 1 saturated carbocycles. The third-order valence-corrected chi connectivity index (χ3v) is 4.84. The molecule has 16 heavy (non-hydrogen) atoms. The zero-order valence-corrected chi connectivity index (χ0v) is 11.4. The van der Waals surface area contributed by atoms with E-state index in [1.54, 1.807) is 11.3 Å². The minimum absolute atomic E-state index is 0.489. The topological polar surface area (TPSA) is 24.9 Å². The summed E-state index contributed by atoms with van der Waals surface area (Å²) in [7, 11) is 0. The van der Waals surface area contributed by atoms with Crippen LogP contribution in [-0.4, -0.2) is 17.6 Å². The lowest BCUT2D eigenvalue weighted by Crippen LogP contribution is -2.38. The molecule has 1 unspecified atom stereocenters. The molecule has 0 saturated heterocycles. The van der Waals surface area contributed by atoms with E-state index >= 15 is 0 Å². The maximum atomic E-state index is 4.29. The summed E-state index contributed by atoms with van der Waals surface area (Å²) in [6.07, 6.45) is 5.21. The van der Waals surface area contributed by atoms with Crippen LogP contribution in [0.5, 0.6) is 0 Å². The van der Waals surface area contributed by atoms with Gasteiger partial charge in [0.25, 0.3) is 0 Å². The number of aryl methyl sites for hydroxylation is 1. The van der Waals surface area contributed by atoms with Crippen molar-refractivity contribution in [1.82, 2.24) is 10.3 Å². The second kappa shape index (κ2) is 4.84. The molecule has 1 aromatic rings. The highest BCUT2D eigenvalue weighted by atomic mass is 32.1. The summed E-state index contributed by atoms with van der Waals surface area (Å²) < 4.78 is 0. The fourth-order valence-electron chi connectivity index (χ4n) is 2.63. The number of hydrogen-bond acceptors (Lipinski definition) is 3. The Morgan fingerprint density at radius 1 is 1.56 bits per heavy atom. The van der Waals surface area contributed by atoms with Crippen molar-refractivity contribution in [3.05, 3.63) is 16.1 Å². The van der Waals surface area contributed by atoms with E-state index in [1.807, 2.05) is 5.51 Å². The molecule has 2 rings (SSSR count). The molecule has 3 heteroatoms. The highest BCUT2D eigenvalue weighted by molar-refractivity contribution is 7.09. The normalized spacial score (nSPS) is 23.8. The average Bonchev–Trinajstić information content (AvgIpc) is 2.75. The molecule has 1 aromatic heterocycles. The van der Waals surface area contributed by atoms with Crippen LogP contribution in [0, 0.1) is 12.3 Å². The summed E-state index contributed by atoms with van der Waals surface area (Å²) in [5.74, 6) is 0. The summed E-state index contributed by atoms with van der Waals surface area (Å²) in [5.41, 5.74) is 3.64. The highest BCUT2D eigenvalue weighted by Crippen LogP contribution is 2.37. The van der Waals surface area contributed by atoms with E-state index in [4.69, 9.17) is 0 Å². The Kier molecular flexibility index (Phi) is 3.65. The van der Waals surface area contributed by atoms with Gasteiger partial charge in [-0.1, -0.05) is 20.3 Å². The van der Waals surface area contributed by atoms with Gasteiger partial charge >= 0.3 is 0 Å². The van der Waals surface area contributed by atoms with Crippen LogP contribution >= 0.6 is 11.3 Å². The van der Waals surface area contributed by atoms with Crippen molar-refractivity contribution < 1.29 is 0 Å². The van der Waals surface area contributed by atoms with Crippen LogP contribution in [0.4, 0.5) is 0 Å². The van der Waals surface area contributed by atoms with Gasteiger partial charge < -0.3 is 5.32 Å². The first-order valence-electron chi connectivity index (χ1n) is 6.22. The summed E-state index contributed by atoms with van der Waals surface area (Å²) in [6.45, 7) is 7.97. The SMILES string of the molecule is Cc1ncsc1CCNC1CCCC1(C)C. The van der Waals surface area contributed by atoms with Crippen LogP contribution in [0.3, 0.4) is 0 Å². The summed E-state index contributed by atoms with van der Waals surface area (Å²) in [5, 5.41) is 3.72. The molecular weight excluding hydrogens is 216 g/mol. The number of aromatic nitrogens is 1. The van der Waals surface area contributed by atoms with Gasteiger partial charge in [0.15, 0.2) is 0 Å². The van der Waals surface area contributed by atoms with E-state index in [0.717, 1.165) is 13.0 Å². The second-order valence-corrected chi connectivity index (χ2v) is 6.44. The maximum Gasteiger partial charge on any atom is 0.0797 e. The molecule has 0 aromatic carbocycles. The van der Waals surface area contributed by atoms with Gasteiger partial charge in [0, 0.05) is 17.5 Å². The molecule has 1 N–H and O–H groups in total. The lowest BCUT2D eigenvalue weighted by molar-refractivity contribution is 0.285. The van der Waals surface area contributed by atoms with Crippen LogP contribution < -0.4 is 5.32 Å². The zero-order valence-electron chi connectivity index (χ0n) is 10.5. The highest BCUT2D eigenvalue weighted by Gasteiger charge is 2.33. The van der Waals surface area contributed by atoms with Gasteiger partial charge in [-0.3, -0.25) is 0 Å². The Hall–Kier alpha value is -0.410. The molecule has 1 heterocycles. The molecule has 0 aliphatic heterocycles. The minimum atomic E-state index is 0.489. The maximum absolute atomic E-state index is 4.29. The van der Waals surface area contributed by atoms with E-state index in [1.165, 1.54) is 29.8 Å². The van der Waals surface area contributed by atoms with Crippen LogP contribution in [0.1, 0.15) is 43.7 Å². The second-order valence-electron chi connectivity index (χ2n) is 5.50. The third kappa shape index (κ3) is 2.64. The summed E-state index contributed by atoms with van der Waals surface area (Å²) >= 11 is 1.78. The van der Waals surface area contributed by atoms with Crippen LogP contribution in [-0.2, 0) is 6.42 Å². The number of thiazole rings is 1. The molecule has 1 atom stereocenters. The van der Waals surface area contributed by atoms with Crippen molar-refractivity contribution in [2.24, 2.45) is 5.41 Å². The Morgan fingerprint density at radius 2 is 2.38 bits per heavy atom. The van der Waals surface area contributed by atoms with E-state index in [9.17, 15) is 0 Å². The molecule has 0 bridgehead atoms. The summed E-state index contributed by atoms with van der Waals surface area (Å²) in [4.78, 5) is 5.72. The van der Waals surface area contributed by atoms with Gasteiger partial charge in [0.2, 0.25) is 0 Å². The van der Waals surface area contributed by atoms with Crippen LogP contribution in [0.15, 0.2) is 5.51 Å². The molecule has 90 valence electrons. The predicted octanol–water partition coefficient (Wildman–Crippen LogP) is 3.16. The van der Waals surface area contributed by atoms with Crippen molar-refractivity contribution in [1.29, 1.82) is 0 Å². The van der Waals surface area contributed by atoms with Gasteiger partial charge in [-0.15, -0.1) is 11.3 Å². The standard InChI is InChI=1S/C13H22N2S/c1-10-11(16-9-15-10)6-8-14-12-5-4-7-13(12,2)3/h9,12,14H,4-8H2,1-3H3. The van der Waals surface area contributed by atoms with Gasteiger partial charge in [-0.05, 0) is 31.6 Å². The third-order valence-electron chi connectivity index (χ3n) is 3.84. The monoisotopic (exact) mass is 238 g/mol. The van der Waals surface area contributed by atoms with E-state index in [2.05, 4.69) is 31.1 Å². The van der Waals surface area contributed by atoms with E-state index in [0.29, 0.717) is 11.5 Å². The Balaban J connectivity index is 1.78. The minimum Gasteiger partial charge on any atom is -0.313 e. The molecule has 0 radical (unpaired) electrons. The van der Waals surface area contributed by atoms with Crippen molar-refractivity contribution in [2.45, 2.75) is 52.5 Å². The largest absolute Gasteiger partial charge is 0.313 e. The zero-order chi connectivity index (χ0) is 11.6. The predicted molar refractivity (Wildman–Crippen MR) is 70.0 cm³/mol. The van der Waals surface area contributed by atoms with Crippen molar-refractivity contribution in [2.75, 3.05) is 6.54 Å². The van der Waals surface area contributed by atoms with Gasteiger partial charge in [0.1, 0.15) is 0 Å². The quantitative estimate of drug-likeness (QED) is 0.871. The van der Waals surface area contributed by atoms with Crippen LogP contribution in [0.25, 0.3) is 0 Å². The summed E-state index contributed by atoms with van der Waals surface area (Å²) in [6, 6.07) is 0.709. The molecule has 1 aliphatic carbocycles. The molecule has 2 nitrogen and oxygen atoms in total. The lowest BCUT2D eigenvalue weighted by Gasteiger charge is -2.27.